The second kappa shape index (κ2) is 7.72. The largest absolute Gasteiger partial charge is 0.303 e. The lowest BCUT2D eigenvalue weighted by atomic mass is 9.71. The van der Waals surface area contributed by atoms with Crippen LogP contribution >= 0.6 is 0 Å². The predicted octanol–water partition coefficient (Wildman–Crippen LogP) is 4.08. The van der Waals surface area contributed by atoms with Crippen LogP contribution in [0.1, 0.15) is 72.1 Å². The van der Waals surface area contributed by atoms with Crippen LogP contribution in [0, 0.1) is 16.7 Å². The van der Waals surface area contributed by atoms with E-state index < -0.39 is 0 Å². The van der Waals surface area contributed by atoms with Gasteiger partial charge in [0.25, 0.3) is 0 Å². The first-order valence-electron chi connectivity index (χ1n) is 11.7. The second-order valence-electron chi connectivity index (χ2n) is 10.8. The van der Waals surface area contributed by atoms with Gasteiger partial charge in [-0.2, -0.15) is 0 Å². The van der Waals surface area contributed by atoms with Crippen LogP contribution in [0.4, 0.5) is 0 Å². The highest BCUT2D eigenvalue weighted by Gasteiger charge is 2.47. The standard InChI is InChI=1S/C23H43N3/c1-4-7-22(8-9-22)17-24-14-10-23(11-15-24)18-25(19-23)16-21-5-12-26(13-6-21)20(2)3/h20-21H,4-19H2,1-3H3. The van der Waals surface area contributed by atoms with Gasteiger partial charge in [0.1, 0.15) is 0 Å². The molecule has 0 atom stereocenters. The lowest BCUT2D eigenvalue weighted by molar-refractivity contribution is -0.0597. The Labute approximate surface area is 162 Å². The lowest BCUT2D eigenvalue weighted by Gasteiger charge is -2.55. The number of piperidine rings is 2. The number of hydrogen-bond donors (Lipinski definition) is 0. The van der Waals surface area contributed by atoms with Gasteiger partial charge in [0.2, 0.25) is 0 Å². The highest BCUT2D eigenvalue weighted by molar-refractivity contribution is 5.01. The molecule has 1 aliphatic carbocycles. The van der Waals surface area contributed by atoms with E-state index in [1.165, 1.54) is 104 Å². The van der Waals surface area contributed by atoms with Crippen molar-refractivity contribution in [2.45, 2.75) is 78.2 Å². The van der Waals surface area contributed by atoms with Crippen molar-refractivity contribution in [1.29, 1.82) is 0 Å². The van der Waals surface area contributed by atoms with E-state index in [2.05, 4.69) is 35.5 Å². The van der Waals surface area contributed by atoms with Crippen LogP contribution in [0.2, 0.25) is 0 Å². The Kier molecular flexibility index (Phi) is 5.70. The molecule has 0 radical (unpaired) electrons. The molecule has 1 saturated carbocycles. The normalized spacial score (nSPS) is 30.0. The Morgan fingerprint density at radius 3 is 2.08 bits per heavy atom. The molecule has 4 rings (SSSR count). The van der Waals surface area contributed by atoms with Gasteiger partial charge in [-0.15, -0.1) is 0 Å². The van der Waals surface area contributed by atoms with Gasteiger partial charge in [0.05, 0.1) is 0 Å². The molecule has 4 aliphatic rings. The lowest BCUT2D eigenvalue weighted by Crippen LogP contribution is -2.61. The van der Waals surface area contributed by atoms with E-state index in [0.29, 0.717) is 5.41 Å². The minimum Gasteiger partial charge on any atom is -0.303 e. The molecule has 0 unspecified atom stereocenters. The molecule has 0 amide bonds. The van der Waals surface area contributed by atoms with Crippen LogP contribution < -0.4 is 0 Å². The van der Waals surface area contributed by atoms with Gasteiger partial charge in [-0.1, -0.05) is 13.3 Å². The van der Waals surface area contributed by atoms with Crippen LogP contribution in [0.25, 0.3) is 0 Å². The van der Waals surface area contributed by atoms with E-state index in [1.54, 1.807) is 0 Å². The average molecular weight is 362 g/mol. The van der Waals surface area contributed by atoms with Crippen molar-refractivity contribution in [2.75, 3.05) is 52.4 Å². The van der Waals surface area contributed by atoms with Gasteiger partial charge in [-0.3, -0.25) is 0 Å². The first kappa shape index (κ1) is 19.2. The molecule has 1 spiro atoms. The van der Waals surface area contributed by atoms with Crippen molar-refractivity contribution < 1.29 is 0 Å². The zero-order valence-corrected chi connectivity index (χ0v) is 17.8. The van der Waals surface area contributed by atoms with E-state index in [4.69, 9.17) is 0 Å². The molecule has 26 heavy (non-hydrogen) atoms. The summed E-state index contributed by atoms with van der Waals surface area (Å²) >= 11 is 0. The van der Waals surface area contributed by atoms with Gasteiger partial charge in [-0.05, 0) is 102 Å². The molecule has 3 heterocycles. The van der Waals surface area contributed by atoms with Gasteiger partial charge in [0.15, 0.2) is 0 Å². The molecule has 3 nitrogen and oxygen atoms in total. The van der Waals surface area contributed by atoms with Crippen LogP contribution in [0.5, 0.6) is 0 Å². The quantitative estimate of drug-likeness (QED) is 0.676. The maximum Gasteiger partial charge on any atom is 0.00516 e. The van der Waals surface area contributed by atoms with Gasteiger partial charge in [-0.25, -0.2) is 0 Å². The number of likely N-dealkylation sites (tertiary alicyclic amines) is 3. The Morgan fingerprint density at radius 1 is 0.885 bits per heavy atom. The third-order valence-corrected chi connectivity index (χ3v) is 8.23. The van der Waals surface area contributed by atoms with Crippen molar-refractivity contribution in [3.05, 3.63) is 0 Å². The monoisotopic (exact) mass is 361 g/mol. The summed E-state index contributed by atoms with van der Waals surface area (Å²) in [6.45, 7) is 18.1. The van der Waals surface area contributed by atoms with E-state index in [1.807, 2.05) is 0 Å². The Balaban J connectivity index is 1.14. The molecule has 3 aliphatic heterocycles. The van der Waals surface area contributed by atoms with Crippen molar-refractivity contribution in [3.63, 3.8) is 0 Å². The van der Waals surface area contributed by atoms with Crippen molar-refractivity contribution in [3.8, 4) is 0 Å². The second-order valence-corrected chi connectivity index (χ2v) is 10.8. The maximum absolute atomic E-state index is 2.82. The van der Waals surface area contributed by atoms with E-state index >= 15 is 0 Å². The van der Waals surface area contributed by atoms with Crippen LogP contribution in [0.15, 0.2) is 0 Å². The SMILES string of the molecule is CCCC1(CN2CCC3(CC2)CN(CC2CCN(C(C)C)CC2)C3)CC1. The fraction of sp³-hybridized carbons (Fsp3) is 1.00. The minimum absolute atomic E-state index is 0.705. The molecule has 4 fully saturated rings. The summed E-state index contributed by atoms with van der Waals surface area (Å²) in [7, 11) is 0. The molecule has 3 heteroatoms. The first-order valence-corrected chi connectivity index (χ1v) is 11.7. The smallest absolute Gasteiger partial charge is 0.00516 e. The number of nitrogens with zero attached hydrogens (tertiary/aromatic N) is 3. The number of hydrogen-bond acceptors (Lipinski definition) is 3. The summed E-state index contributed by atoms with van der Waals surface area (Å²) in [6.07, 6.45) is 11.7. The molecule has 3 saturated heterocycles. The fourth-order valence-electron chi connectivity index (χ4n) is 6.22. The van der Waals surface area contributed by atoms with Crippen LogP contribution in [-0.2, 0) is 0 Å². The highest BCUT2D eigenvalue weighted by atomic mass is 15.2. The number of rotatable bonds is 7. The maximum atomic E-state index is 2.82. The minimum atomic E-state index is 0.705. The molecule has 150 valence electrons. The molecular formula is C23H43N3. The zero-order chi connectivity index (χ0) is 18.2. The molecule has 0 aromatic carbocycles. The summed E-state index contributed by atoms with van der Waals surface area (Å²) in [5.74, 6) is 0.964. The summed E-state index contributed by atoms with van der Waals surface area (Å²) in [6, 6.07) is 0.737. The summed E-state index contributed by atoms with van der Waals surface area (Å²) in [4.78, 5) is 8.28. The molecule has 0 aromatic rings. The molecule has 0 N–H and O–H groups in total. The van der Waals surface area contributed by atoms with Crippen molar-refractivity contribution in [1.82, 2.24) is 14.7 Å². The van der Waals surface area contributed by atoms with Crippen LogP contribution in [0.3, 0.4) is 0 Å². The van der Waals surface area contributed by atoms with E-state index in [9.17, 15) is 0 Å². The van der Waals surface area contributed by atoms with E-state index in [-0.39, 0.29) is 0 Å². The molecule has 0 bridgehead atoms. The van der Waals surface area contributed by atoms with Crippen molar-refractivity contribution in [2.24, 2.45) is 16.7 Å². The summed E-state index contributed by atoms with van der Waals surface area (Å²) in [5.41, 5.74) is 1.45. The molecular weight excluding hydrogens is 318 g/mol. The van der Waals surface area contributed by atoms with Gasteiger partial charge in [0, 0.05) is 32.2 Å². The highest BCUT2D eigenvalue weighted by Crippen LogP contribution is 2.51. The summed E-state index contributed by atoms with van der Waals surface area (Å²) < 4.78 is 0. The Morgan fingerprint density at radius 2 is 1.54 bits per heavy atom. The third kappa shape index (κ3) is 4.31. The first-order chi connectivity index (χ1) is 12.5. The third-order valence-electron chi connectivity index (χ3n) is 8.23. The zero-order valence-electron chi connectivity index (χ0n) is 17.8. The Hall–Kier alpha value is -0.120. The van der Waals surface area contributed by atoms with E-state index in [0.717, 1.165) is 17.4 Å². The van der Waals surface area contributed by atoms with Crippen molar-refractivity contribution >= 4 is 0 Å². The van der Waals surface area contributed by atoms with Gasteiger partial charge >= 0.3 is 0 Å². The molecule has 0 aromatic heterocycles. The topological polar surface area (TPSA) is 9.72 Å². The average Bonchev–Trinajstić information content (AvgIpc) is 3.35. The fourth-order valence-corrected chi connectivity index (χ4v) is 6.22. The Bertz CT molecular complexity index is 446. The van der Waals surface area contributed by atoms with Gasteiger partial charge < -0.3 is 14.7 Å². The summed E-state index contributed by atoms with van der Waals surface area (Å²) in [5, 5.41) is 0. The predicted molar refractivity (Wildman–Crippen MR) is 111 cm³/mol. The van der Waals surface area contributed by atoms with Crippen LogP contribution in [-0.4, -0.2) is 73.1 Å².